The SMILES string of the molecule is CCSCc1nc(Cl)c(C)c(-c2ccccc2)n1. The highest BCUT2D eigenvalue weighted by Gasteiger charge is 2.10. The molecule has 2 rings (SSSR count). The first-order chi connectivity index (χ1) is 8.72. The van der Waals surface area contributed by atoms with Crippen LogP contribution in [0.1, 0.15) is 18.3 Å². The Kier molecular flexibility index (Phi) is 4.61. The molecule has 0 fully saturated rings. The Morgan fingerprint density at radius 2 is 1.89 bits per heavy atom. The molecular weight excluding hydrogens is 264 g/mol. The molecule has 18 heavy (non-hydrogen) atoms. The summed E-state index contributed by atoms with van der Waals surface area (Å²) in [7, 11) is 0. The molecule has 0 atom stereocenters. The topological polar surface area (TPSA) is 25.8 Å². The van der Waals surface area contributed by atoms with Gasteiger partial charge in [0.15, 0.2) is 0 Å². The minimum Gasteiger partial charge on any atom is -0.232 e. The Labute approximate surface area is 117 Å². The van der Waals surface area contributed by atoms with Gasteiger partial charge in [-0.25, -0.2) is 9.97 Å². The third-order valence-electron chi connectivity index (χ3n) is 2.62. The molecule has 0 aliphatic heterocycles. The number of aromatic nitrogens is 2. The van der Waals surface area contributed by atoms with E-state index in [1.54, 1.807) is 11.8 Å². The molecule has 0 N–H and O–H groups in total. The summed E-state index contributed by atoms with van der Waals surface area (Å²) in [5.74, 6) is 2.66. The normalized spacial score (nSPS) is 10.6. The highest BCUT2D eigenvalue weighted by molar-refractivity contribution is 7.98. The minimum absolute atomic E-state index is 0.551. The van der Waals surface area contributed by atoms with Crippen molar-refractivity contribution in [3.8, 4) is 11.3 Å². The van der Waals surface area contributed by atoms with Gasteiger partial charge in [0.1, 0.15) is 11.0 Å². The Morgan fingerprint density at radius 1 is 1.17 bits per heavy atom. The first-order valence-corrected chi connectivity index (χ1v) is 7.41. The smallest absolute Gasteiger partial charge is 0.140 e. The molecule has 0 bridgehead atoms. The Bertz CT molecular complexity index is 529. The van der Waals surface area contributed by atoms with Crippen LogP contribution in [0.25, 0.3) is 11.3 Å². The summed E-state index contributed by atoms with van der Waals surface area (Å²) in [4.78, 5) is 8.95. The van der Waals surface area contributed by atoms with E-state index in [0.717, 1.165) is 34.2 Å². The van der Waals surface area contributed by atoms with Gasteiger partial charge in [-0.2, -0.15) is 11.8 Å². The van der Waals surface area contributed by atoms with E-state index >= 15 is 0 Å². The Hall–Kier alpha value is -1.06. The van der Waals surface area contributed by atoms with Crippen LogP contribution in [0.15, 0.2) is 30.3 Å². The second kappa shape index (κ2) is 6.21. The molecule has 1 aromatic carbocycles. The van der Waals surface area contributed by atoms with E-state index in [0.29, 0.717) is 5.15 Å². The van der Waals surface area contributed by atoms with Crippen molar-refractivity contribution < 1.29 is 0 Å². The number of benzene rings is 1. The average Bonchev–Trinajstić information content (AvgIpc) is 2.41. The van der Waals surface area contributed by atoms with Crippen LogP contribution in [0.4, 0.5) is 0 Å². The van der Waals surface area contributed by atoms with Crippen molar-refractivity contribution in [1.29, 1.82) is 0 Å². The van der Waals surface area contributed by atoms with Crippen LogP contribution in [0.3, 0.4) is 0 Å². The van der Waals surface area contributed by atoms with Gasteiger partial charge in [-0.15, -0.1) is 0 Å². The van der Waals surface area contributed by atoms with Gasteiger partial charge in [-0.3, -0.25) is 0 Å². The molecule has 0 spiro atoms. The summed E-state index contributed by atoms with van der Waals surface area (Å²) >= 11 is 7.98. The van der Waals surface area contributed by atoms with Gasteiger partial charge in [0.2, 0.25) is 0 Å². The summed E-state index contributed by atoms with van der Waals surface area (Å²) in [6.07, 6.45) is 0. The largest absolute Gasteiger partial charge is 0.232 e. The molecule has 0 saturated heterocycles. The molecule has 2 nitrogen and oxygen atoms in total. The quantitative estimate of drug-likeness (QED) is 0.777. The van der Waals surface area contributed by atoms with E-state index < -0.39 is 0 Å². The van der Waals surface area contributed by atoms with E-state index in [1.807, 2.05) is 37.3 Å². The number of hydrogen-bond donors (Lipinski definition) is 0. The lowest BCUT2D eigenvalue weighted by Gasteiger charge is -2.09. The first kappa shape index (κ1) is 13.4. The van der Waals surface area contributed by atoms with Crippen LogP contribution in [-0.4, -0.2) is 15.7 Å². The van der Waals surface area contributed by atoms with Crippen LogP contribution >= 0.6 is 23.4 Å². The summed E-state index contributed by atoms with van der Waals surface area (Å²) in [5, 5.41) is 0.551. The summed E-state index contributed by atoms with van der Waals surface area (Å²) < 4.78 is 0. The lowest BCUT2D eigenvalue weighted by atomic mass is 10.1. The second-order valence-corrected chi connectivity index (χ2v) is 5.54. The molecule has 2 aromatic rings. The first-order valence-electron chi connectivity index (χ1n) is 5.88. The van der Waals surface area contributed by atoms with Gasteiger partial charge in [0.05, 0.1) is 11.4 Å². The van der Waals surface area contributed by atoms with Crippen molar-refractivity contribution in [3.05, 3.63) is 46.9 Å². The van der Waals surface area contributed by atoms with Crippen LogP contribution in [-0.2, 0) is 5.75 Å². The van der Waals surface area contributed by atoms with Crippen molar-refractivity contribution >= 4 is 23.4 Å². The van der Waals surface area contributed by atoms with Crippen molar-refractivity contribution in [2.24, 2.45) is 0 Å². The lowest BCUT2D eigenvalue weighted by molar-refractivity contribution is 1.02. The highest BCUT2D eigenvalue weighted by atomic mass is 35.5. The molecule has 1 heterocycles. The molecule has 0 amide bonds. The standard InChI is InChI=1S/C14H15ClN2S/c1-3-18-9-12-16-13(10(2)14(15)17-12)11-7-5-4-6-8-11/h4-8H,3,9H2,1-2H3. The zero-order valence-electron chi connectivity index (χ0n) is 10.5. The third kappa shape index (κ3) is 3.03. The van der Waals surface area contributed by atoms with Gasteiger partial charge < -0.3 is 0 Å². The number of rotatable bonds is 4. The van der Waals surface area contributed by atoms with E-state index in [4.69, 9.17) is 11.6 Å². The van der Waals surface area contributed by atoms with Crippen LogP contribution < -0.4 is 0 Å². The van der Waals surface area contributed by atoms with Gasteiger partial charge in [-0.05, 0) is 12.7 Å². The molecule has 0 aliphatic rings. The van der Waals surface area contributed by atoms with Gasteiger partial charge in [-0.1, -0.05) is 48.9 Å². The highest BCUT2D eigenvalue weighted by Crippen LogP contribution is 2.26. The van der Waals surface area contributed by atoms with E-state index in [9.17, 15) is 0 Å². The maximum Gasteiger partial charge on any atom is 0.140 e. The van der Waals surface area contributed by atoms with Crippen molar-refractivity contribution in [2.75, 3.05) is 5.75 Å². The second-order valence-electron chi connectivity index (χ2n) is 3.91. The number of hydrogen-bond acceptors (Lipinski definition) is 3. The van der Waals surface area contributed by atoms with E-state index in [-0.39, 0.29) is 0 Å². The Morgan fingerprint density at radius 3 is 2.56 bits per heavy atom. The van der Waals surface area contributed by atoms with E-state index in [2.05, 4.69) is 16.9 Å². The zero-order valence-corrected chi connectivity index (χ0v) is 12.1. The predicted molar refractivity (Wildman–Crippen MR) is 79.1 cm³/mol. The fraction of sp³-hybridized carbons (Fsp3) is 0.286. The Balaban J connectivity index is 2.43. The molecule has 0 saturated carbocycles. The number of thioether (sulfide) groups is 1. The predicted octanol–water partition coefficient (Wildman–Crippen LogP) is 4.36. The van der Waals surface area contributed by atoms with Crippen LogP contribution in [0.2, 0.25) is 5.15 Å². The van der Waals surface area contributed by atoms with Gasteiger partial charge in [0, 0.05) is 11.1 Å². The lowest BCUT2D eigenvalue weighted by Crippen LogP contribution is -1.99. The molecule has 0 radical (unpaired) electrons. The summed E-state index contributed by atoms with van der Waals surface area (Å²) in [5.41, 5.74) is 2.96. The maximum absolute atomic E-state index is 6.19. The number of nitrogens with zero attached hydrogens (tertiary/aromatic N) is 2. The zero-order chi connectivity index (χ0) is 13.0. The molecular formula is C14H15ClN2S. The molecule has 0 unspecified atom stereocenters. The van der Waals surface area contributed by atoms with Crippen LogP contribution in [0, 0.1) is 6.92 Å². The van der Waals surface area contributed by atoms with Crippen molar-refractivity contribution in [3.63, 3.8) is 0 Å². The van der Waals surface area contributed by atoms with Crippen molar-refractivity contribution in [1.82, 2.24) is 9.97 Å². The number of halogens is 1. The monoisotopic (exact) mass is 278 g/mol. The maximum atomic E-state index is 6.19. The molecule has 0 aliphatic carbocycles. The van der Waals surface area contributed by atoms with Crippen LogP contribution in [0.5, 0.6) is 0 Å². The average molecular weight is 279 g/mol. The minimum atomic E-state index is 0.551. The third-order valence-corrected chi connectivity index (χ3v) is 3.85. The fourth-order valence-electron chi connectivity index (χ4n) is 1.67. The van der Waals surface area contributed by atoms with Gasteiger partial charge in [0.25, 0.3) is 0 Å². The molecule has 94 valence electrons. The van der Waals surface area contributed by atoms with E-state index in [1.165, 1.54) is 0 Å². The van der Waals surface area contributed by atoms with Gasteiger partial charge >= 0.3 is 0 Å². The fourth-order valence-corrected chi connectivity index (χ4v) is 2.37. The molecule has 4 heteroatoms. The summed E-state index contributed by atoms with van der Waals surface area (Å²) in [6.45, 7) is 4.08. The molecule has 1 aromatic heterocycles. The van der Waals surface area contributed by atoms with Crippen molar-refractivity contribution in [2.45, 2.75) is 19.6 Å². The summed E-state index contributed by atoms with van der Waals surface area (Å²) in [6, 6.07) is 10.1.